The van der Waals surface area contributed by atoms with Crippen molar-refractivity contribution >= 4 is 9.73 Å². The minimum absolute atomic E-state index is 0.114. The Morgan fingerprint density at radius 3 is 2.45 bits per heavy atom. The molecule has 2 aromatic rings. The molecule has 0 unspecified atom stereocenters. The Morgan fingerprint density at radius 1 is 1.25 bits per heavy atom. The molecular formula is C14H11FN2O2S. The van der Waals surface area contributed by atoms with Gasteiger partial charge in [-0.05, 0) is 36.4 Å². The summed E-state index contributed by atoms with van der Waals surface area (Å²) in [6.07, 6.45) is 1.32. The summed E-state index contributed by atoms with van der Waals surface area (Å²) in [5.41, 5.74) is -0.170. The predicted molar refractivity (Wildman–Crippen MR) is 72.7 cm³/mol. The van der Waals surface area contributed by atoms with Crippen LogP contribution >= 0.6 is 0 Å². The third kappa shape index (κ3) is 2.95. The average Bonchev–Trinajstić information content (AvgIpc) is 2.38. The molecule has 1 N–H and O–H groups in total. The van der Waals surface area contributed by atoms with Crippen molar-refractivity contribution in [3.8, 4) is 17.6 Å². The van der Waals surface area contributed by atoms with Crippen LogP contribution in [0.3, 0.4) is 0 Å². The highest BCUT2D eigenvalue weighted by molar-refractivity contribution is 7.91. The van der Waals surface area contributed by atoms with E-state index in [1.165, 1.54) is 48.7 Å². The zero-order valence-corrected chi connectivity index (χ0v) is 11.4. The Hall–Kier alpha value is -2.39. The molecule has 0 saturated carbocycles. The van der Waals surface area contributed by atoms with Crippen LogP contribution in [0.2, 0.25) is 0 Å². The van der Waals surface area contributed by atoms with Gasteiger partial charge in [0.1, 0.15) is 28.9 Å². The first-order chi connectivity index (χ1) is 9.41. The second-order valence-electron chi connectivity index (χ2n) is 4.14. The number of ether oxygens (including phenoxy) is 1. The lowest BCUT2D eigenvalue weighted by Gasteiger charge is -2.08. The fraction of sp³-hybridized carbons (Fsp3) is 0.0714. The molecule has 6 heteroatoms. The van der Waals surface area contributed by atoms with Gasteiger partial charge >= 0.3 is 0 Å². The molecule has 2 aromatic carbocycles. The Kier molecular flexibility index (Phi) is 3.72. The standard InChI is InChI=1S/C14H11FN2O2S/c1-20(17,18)11-7-5-10(6-8-11)19-14-4-2-3-13(15)12(14)9-16/h2-8,17H,1H3/t20-/m0/s1. The van der Waals surface area contributed by atoms with Gasteiger partial charge in [-0.25, -0.2) is 13.4 Å². The van der Waals surface area contributed by atoms with Crippen molar-refractivity contribution in [1.82, 2.24) is 0 Å². The van der Waals surface area contributed by atoms with E-state index in [2.05, 4.69) is 0 Å². The van der Waals surface area contributed by atoms with Gasteiger partial charge in [-0.2, -0.15) is 5.26 Å². The van der Waals surface area contributed by atoms with Crippen molar-refractivity contribution in [3.05, 3.63) is 53.8 Å². The van der Waals surface area contributed by atoms with Crippen molar-refractivity contribution in [1.29, 1.82) is 10.0 Å². The summed E-state index contributed by atoms with van der Waals surface area (Å²) in [5.74, 6) is -0.160. The van der Waals surface area contributed by atoms with E-state index >= 15 is 0 Å². The fourth-order valence-corrected chi connectivity index (χ4v) is 2.25. The molecule has 0 spiro atoms. The van der Waals surface area contributed by atoms with Gasteiger partial charge in [-0.3, -0.25) is 0 Å². The van der Waals surface area contributed by atoms with Gasteiger partial charge in [-0.15, -0.1) is 0 Å². The number of nitrogens with one attached hydrogen (secondary N) is 1. The molecule has 0 fully saturated rings. The maximum Gasteiger partial charge on any atom is 0.148 e. The van der Waals surface area contributed by atoms with Crippen LogP contribution in [0, 0.1) is 21.9 Å². The molecule has 0 heterocycles. The molecule has 2 rings (SSSR count). The highest BCUT2D eigenvalue weighted by Gasteiger charge is 2.10. The van der Waals surface area contributed by atoms with Crippen molar-refractivity contribution in [3.63, 3.8) is 0 Å². The molecule has 0 aliphatic heterocycles. The topological polar surface area (TPSA) is 73.9 Å². The SMILES string of the molecule is C[S@](=N)(=O)c1ccc(Oc2cccc(F)c2C#N)cc1. The van der Waals surface area contributed by atoms with E-state index in [0.29, 0.717) is 10.6 Å². The lowest BCUT2D eigenvalue weighted by molar-refractivity contribution is 0.474. The fourth-order valence-electron chi connectivity index (χ4n) is 1.59. The minimum atomic E-state index is -2.78. The number of benzene rings is 2. The van der Waals surface area contributed by atoms with E-state index in [-0.39, 0.29) is 11.3 Å². The first-order valence-electron chi connectivity index (χ1n) is 5.62. The normalized spacial score (nSPS) is 13.2. The number of nitrogens with zero attached hydrogens (tertiary/aromatic N) is 1. The monoisotopic (exact) mass is 290 g/mol. The number of rotatable bonds is 3. The van der Waals surface area contributed by atoms with E-state index < -0.39 is 15.5 Å². The number of nitriles is 1. The smallest absolute Gasteiger partial charge is 0.148 e. The lowest BCUT2D eigenvalue weighted by Crippen LogP contribution is -1.95. The zero-order valence-electron chi connectivity index (χ0n) is 10.6. The van der Waals surface area contributed by atoms with E-state index in [1.54, 1.807) is 6.07 Å². The van der Waals surface area contributed by atoms with Crippen LogP contribution in [0.5, 0.6) is 11.5 Å². The minimum Gasteiger partial charge on any atom is -0.456 e. The molecule has 1 atom stereocenters. The van der Waals surface area contributed by atoms with Crippen molar-refractivity contribution in [2.45, 2.75) is 4.90 Å². The summed E-state index contributed by atoms with van der Waals surface area (Å²) in [6, 6.07) is 11.9. The molecule has 4 nitrogen and oxygen atoms in total. The summed E-state index contributed by atoms with van der Waals surface area (Å²) in [7, 11) is -2.78. The molecule has 0 amide bonds. The van der Waals surface area contributed by atoms with E-state index in [4.69, 9.17) is 14.8 Å². The highest BCUT2D eigenvalue weighted by Crippen LogP contribution is 2.27. The number of hydrogen-bond donors (Lipinski definition) is 1. The summed E-state index contributed by atoms with van der Waals surface area (Å²) in [5, 5.41) is 8.90. The molecule has 0 saturated heterocycles. The van der Waals surface area contributed by atoms with Crippen LogP contribution in [-0.2, 0) is 9.73 Å². The Balaban J connectivity index is 2.32. The second kappa shape index (κ2) is 5.31. The molecular weight excluding hydrogens is 279 g/mol. The summed E-state index contributed by atoms with van der Waals surface area (Å²) < 4.78 is 37.8. The maximum absolute atomic E-state index is 13.4. The van der Waals surface area contributed by atoms with Gasteiger partial charge in [-0.1, -0.05) is 6.07 Å². The third-order valence-electron chi connectivity index (χ3n) is 2.59. The van der Waals surface area contributed by atoms with Crippen LogP contribution in [0.1, 0.15) is 5.56 Å². The predicted octanol–water partition coefficient (Wildman–Crippen LogP) is 3.53. The Morgan fingerprint density at radius 2 is 1.90 bits per heavy atom. The van der Waals surface area contributed by atoms with Crippen LogP contribution in [-0.4, -0.2) is 10.5 Å². The molecule has 0 aliphatic rings. The van der Waals surface area contributed by atoms with Gasteiger partial charge < -0.3 is 4.74 Å². The molecule has 102 valence electrons. The van der Waals surface area contributed by atoms with Crippen molar-refractivity contribution in [2.24, 2.45) is 0 Å². The lowest BCUT2D eigenvalue weighted by atomic mass is 10.2. The van der Waals surface area contributed by atoms with Crippen LogP contribution in [0.25, 0.3) is 0 Å². The van der Waals surface area contributed by atoms with Gasteiger partial charge in [0.25, 0.3) is 0 Å². The first kappa shape index (κ1) is 14.0. The van der Waals surface area contributed by atoms with Crippen molar-refractivity contribution < 1.29 is 13.3 Å². The van der Waals surface area contributed by atoms with Gasteiger partial charge in [0.2, 0.25) is 0 Å². The Labute approximate surface area is 116 Å². The van der Waals surface area contributed by atoms with Crippen LogP contribution in [0.15, 0.2) is 47.4 Å². The molecule has 20 heavy (non-hydrogen) atoms. The summed E-state index contributed by atoms with van der Waals surface area (Å²) in [6.45, 7) is 0. The number of halogens is 1. The van der Waals surface area contributed by atoms with E-state index in [0.717, 1.165) is 0 Å². The maximum atomic E-state index is 13.4. The number of hydrogen-bond acceptors (Lipinski definition) is 4. The third-order valence-corrected chi connectivity index (χ3v) is 3.76. The summed E-state index contributed by atoms with van der Waals surface area (Å²) >= 11 is 0. The molecule has 0 aliphatic carbocycles. The van der Waals surface area contributed by atoms with Gasteiger partial charge in [0, 0.05) is 11.2 Å². The molecule has 0 bridgehead atoms. The summed E-state index contributed by atoms with van der Waals surface area (Å²) in [4.78, 5) is 0.379. The highest BCUT2D eigenvalue weighted by atomic mass is 32.2. The zero-order chi connectivity index (χ0) is 14.8. The Bertz CT molecular complexity index is 778. The quantitative estimate of drug-likeness (QED) is 0.939. The van der Waals surface area contributed by atoms with Gasteiger partial charge in [0.15, 0.2) is 0 Å². The molecule has 0 radical (unpaired) electrons. The van der Waals surface area contributed by atoms with Gasteiger partial charge in [0.05, 0.1) is 9.73 Å². The molecule has 0 aromatic heterocycles. The first-order valence-corrected chi connectivity index (χ1v) is 7.59. The van der Waals surface area contributed by atoms with Crippen LogP contribution in [0.4, 0.5) is 4.39 Å². The van der Waals surface area contributed by atoms with E-state index in [1.807, 2.05) is 0 Å². The average molecular weight is 290 g/mol. The van der Waals surface area contributed by atoms with E-state index in [9.17, 15) is 8.60 Å². The largest absolute Gasteiger partial charge is 0.456 e. The van der Waals surface area contributed by atoms with Crippen molar-refractivity contribution in [2.75, 3.05) is 6.26 Å². The van der Waals surface area contributed by atoms with Crippen LogP contribution < -0.4 is 4.74 Å². The second-order valence-corrected chi connectivity index (χ2v) is 6.30.